The number of piperidine rings is 1. The normalized spacial score (nSPS) is 15.5. The number of benzene rings is 1. The number of hydrogen-bond donors (Lipinski definition) is 0. The molecule has 7 heteroatoms. The fourth-order valence-corrected chi connectivity index (χ4v) is 5.01. The molecule has 2 aromatic heterocycles. The number of carbonyl (C=O) groups is 1. The first kappa shape index (κ1) is 19.4. The summed E-state index contributed by atoms with van der Waals surface area (Å²) in [6.07, 6.45) is 2.01. The molecule has 1 fully saturated rings. The van der Waals surface area contributed by atoms with Gasteiger partial charge in [-0.3, -0.25) is 4.79 Å². The molecule has 3 heterocycles. The lowest BCUT2D eigenvalue weighted by Crippen LogP contribution is -2.39. The van der Waals surface area contributed by atoms with Crippen molar-refractivity contribution < 1.29 is 9.53 Å². The predicted octanol–water partition coefficient (Wildman–Crippen LogP) is 4.94. The minimum atomic E-state index is 0.119. The smallest absolute Gasteiger partial charge is 0.264 e. The van der Waals surface area contributed by atoms with Gasteiger partial charge in [0.05, 0.1) is 16.3 Å². The van der Waals surface area contributed by atoms with E-state index in [1.807, 2.05) is 53.8 Å². The van der Waals surface area contributed by atoms with Crippen molar-refractivity contribution >= 4 is 39.1 Å². The Bertz CT molecular complexity index is 989. The van der Waals surface area contributed by atoms with Gasteiger partial charge in [-0.15, -0.1) is 11.3 Å². The SMILES string of the molecule is CCOCC1CCN(C(=O)c2cc3c(C)nn(-c4cccc(Cl)c4)c3s2)CC1. The van der Waals surface area contributed by atoms with Gasteiger partial charge in [0.1, 0.15) is 4.83 Å². The molecule has 0 radical (unpaired) electrons. The summed E-state index contributed by atoms with van der Waals surface area (Å²) in [5, 5.41) is 6.34. The van der Waals surface area contributed by atoms with E-state index in [9.17, 15) is 4.79 Å². The van der Waals surface area contributed by atoms with E-state index >= 15 is 0 Å². The maximum absolute atomic E-state index is 13.1. The molecule has 1 aromatic carbocycles. The predicted molar refractivity (Wildman–Crippen MR) is 114 cm³/mol. The van der Waals surface area contributed by atoms with Crippen LogP contribution in [0.2, 0.25) is 5.02 Å². The van der Waals surface area contributed by atoms with Crippen LogP contribution in [0.25, 0.3) is 15.9 Å². The number of amides is 1. The molecule has 1 saturated heterocycles. The van der Waals surface area contributed by atoms with Crippen LogP contribution in [0.15, 0.2) is 30.3 Å². The van der Waals surface area contributed by atoms with E-state index in [1.54, 1.807) is 0 Å². The van der Waals surface area contributed by atoms with Crippen LogP contribution in [-0.4, -0.2) is 46.9 Å². The average Bonchev–Trinajstić information content (AvgIpc) is 3.27. The molecule has 1 amide bonds. The first-order chi connectivity index (χ1) is 13.6. The number of fused-ring (bicyclic) bond motifs is 1. The lowest BCUT2D eigenvalue weighted by molar-refractivity contribution is 0.0555. The number of thiophene rings is 1. The molecule has 1 aliphatic heterocycles. The lowest BCUT2D eigenvalue weighted by Gasteiger charge is -2.31. The van der Waals surface area contributed by atoms with Gasteiger partial charge in [-0.05, 0) is 56.9 Å². The third-order valence-corrected chi connectivity index (χ3v) is 6.60. The summed E-state index contributed by atoms with van der Waals surface area (Å²) in [4.78, 5) is 16.8. The van der Waals surface area contributed by atoms with E-state index < -0.39 is 0 Å². The van der Waals surface area contributed by atoms with Crippen molar-refractivity contribution in [2.75, 3.05) is 26.3 Å². The second-order valence-electron chi connectivity index (χ2n) is 7.20. The maximum atomic E-state index is 13.1. The average molecular weight is 418 g/mol. The minimum Gasteiger partial charge on any atom is -0.381 e. The van der Waals surface area contributed by atoms with Gasteiger partial charge < -0.3 is 9.64 Å². The Labute approximate surface area is 173 Å². The fourth-order valence-electron chi connectivity index (χ4n) is 3.68. The molecule has 5 nitrogen and oxygen atoms in total. The number of hydrogen-bond acceptors (Lipinski definition) is 4. The number of carbonyl (C=O) groups excluding carboxylic acids is 1. The highest BCUT2D eigenvalue weighted by atomic mass is 35.5. The summed E-state index contributed by atoms with van der Waals surface area (Å²) >= 11 is 7.65. The van der Waals surface area contributed by atoms with E-state index in [-0.39, 0.29) is 5.91 Å². The molecule has 0 saturated carbocycles. The number of aryl methyl sites for hydroxylation is 1. The highest BCUT2D eigenvalue weighted by Crippen LogP contribution is 2.32. The molecule has 0 N–H and O–H groups in total. The largest absolute Gasteiger partial charge is 0.381 e. The summed E-state index contributed by atoms with van der Waals surface area (Å²) in [7, 11) is 0. The first-order valence-corrected chi connectivity index (χ1v) is 10.9. The Kier molecular flexibility index (Phi) is 5.71. The molecule has 3 aromatic rings. The van der Waals surface area contributed by atoms with Crippen LogP contribution in [0.4, 0.5) is 0 Å². The van der Waals surface area contributed by atoms with Crippen LogP contribution in [0, 0.1) is 12.8 Å². The maximum Gasteiger partial charge on any atom is 0.264 e. The molecular weight excluding hydrogens is 394 g/mol. The molecule has 148 valence electrons. The van der Waals surface area contributed by atoms with Crippen molar-refractivity contribution in [3.8, 4) is 5.69 Å². The third kappa shape index (κ3) is 3.81. The van der Waals surface area contributed by atoms with Gasteiger partial charge >= 0.3 is 0 Å². The van der Waals surface area contributed by atoms with Crippen LogP contribution >= 0.6 is 22.9 Å². The molecule has 0 spiro atoms. The zero-order valence-corrected chi connectivity index (χ0v) is 17.7. The van der Waals surface area contributed by atoms with Gasteiger partial charge in [-0.1, -0.05) is 17.7 Å². The molecule has 0 unspecified atom stereocenters. The van der Waals surface area contributed by atoms with Crippen molar-refractivity contribution in [1.82, 2.24) is 14.7 Å². The summed E-state index contributed by atoms with van der Waals surface area (Å²) < 4.78 is 7.42. The molecule has 28 heavy (non-hydrogen) atoms. The Morgan fingerprint density at radius 3 is 2.82 bits per heavy atom. The molecule has 0 bridgehead atoms. The van der Waals surface area contributed by atoms with E-state index in [0.29, 0.717) is 10.9 Å². The number of ether oxygens (including phenoxy) is 1. The van der Waals surface area contributed by atoms with Gasteiger partial charge in [0.2, 0.25) is 0 Å². The van der Waals surface area contributed by atoms with Crippen molar-refractivity contribution in [1.29, 1.82) is 0 Å². The van der Waals surface area contributed by atoms with Crippen LogP contribution in [0.5, 0.6) is 0 Å². The summed E-state index contributed by atoms with van der Waals surface area (Å²) in [5.41, 5.74) is 1.82. The Hall–Kier alpha value is -1.89. The highest BCUT2D eigenvalue weighted by molar-refractivity contribution is 7.20. The van der Waals surface area contributed by atoms with Crippen LogP contribution in [0.1, 0.15) is 35.1 Å². The zero-order valence-electron chi connectivity index (χ0n) is 16.2. The standard InChI is InChI=1S/C21H24ClN3O2S/c1-3-27-13-15-7-9-24(10-8-15)20(26)19-12-18-14(2)23-25(21(18)28-19)17-6-4-5-16(22)11-17/h4-6,11-12,15H,3,7-10,13H2,1-2H3. The van der Waals surface area contributed by atoms with Gasteiger partial charge in [0, 0.05) is 36.7 Å². The van der Waals surface area contributed by atoms with Crippen molar-refractivity contribution in [3.63, 3.8) is 0 Å². The van der Waals surface area contributed by atoms with Crippen LogP contribution in [-0.2, 0) is 4.74 Å². The minimum absolute atomic E-state index is 0.119. The summed E-state index contributed by atoms with van der Waals surface area (Å²) in [5.74, 6) is 0.679. The van der Waals surface area contributed by atoms with Crippen molar-refractivity contribution in [2.45, 2.75) is 26.7 Å². The lowest BCUT2D eigenvalue weighted by atomic mass is 9.97. The zero-order chi connectivity index (χ0) is 19.7. The Balaban J connectivity index is 1.55. The number of rotatable bonds is 5. The van der Waals surface area contributed by atoms with Crippen LogP contribution in [0.3, 0.4) is 0 Å². The fraction of sp³-hybridized carbons (Fsp3) is 0.429. The van der Waals surface area contributed by atoms with E-state index in [1.165, 1.54) is 11.3 Å². The number of halogens is 1. The topological polar surface area (TPSA) is 47.4 Å². The quantitative estimate of drug-likeness (QED) is 0.590. The highest BCUT2D eigenvalue weighted by Gasteiger charge is 2.26. The number of nitrogens with zero attached hydrogens (tertiary/aromatic N) is 3. The van der Waals surface area contributed by atoms with Gasteiger partial charge in [0.15, 0.2) is 0 Å². The van der Waals surface area contributed by atoms with E-state index in [2.05, 4.69) is 5.10 Å². The molecule has 4 rings (SSSR count). The molecule has 0 atom stereocenters. The number of aromatic nitrogens is 2. The van der Waals surface area contributed by atoms with Crippen molar-refractivity contribution in [2.24, 2.45) is 5.92 Å². The monoisotopic (exact) mass is 417 g/mol. The second-order valence-corrected chi connectivity index (χ2v) is 8.67. The molecular formula is C21H24ClN3O2S. The molecule has 1 aliphatic rings. The van der Waals surface area contributed by atoms with Crippen molar-refractivity contribution in [3.05, 3.63) is 45.9 Å². The van der Waals surface area contributed by atoms with E-state index in [0.717, 1.165) is 65.6 Å². The van der Waals surface area contributed by atoms with Gasteiger partial charge in [-0.2, -0.15) is 5.10 Å². The summed E-state index contributed by atoms with van der Waals surface area (Å²) in [6, 6.07) is 9.60. The van der Waals surface area contributed by atoms with Gasteiger partial charge in [-0.25, -0.2) is 4.68 Å². The Morgan fingerprint density at radius 1 is 1.32 bits per heavy atom. The number of likely N-dealkylation sites (tertiary alicyclic amines) is 1. The first-order valence-electron chi connectivity index (χ1n) is 9.69. The van der Waals surface area contributed by atoms with Crippen LogP contribution < -0.4 is 0 Å². The summed E-state index contributed by atoms with van der Waals surface area (Å²) in [6.45, 7) is 7.14. The Morgan fingerprint density at radius 2 is 2.11 bits per heavy atom. The van der Waals surface area contributed by atoms with Gasteiger partial charge in [0.25, 0.3) is 5.91 Å². The molecule has 0 aliphatic carbocycles. The third-order valence-electron chi connectivity index (χ3n) is 5.27. The second kappa shape index (κ2) is 8.23. The van der Waals surface area contributed by atoms with E-state index in [4.69, 9.17) is 16.3 Å².